The highest BCUT2D eigenvalue weighted by Crippen LogP contribution is 2.71. The maximum atomic E-state index is 7.45. The van der Waals surface area contributed by atoms with Crippen molar-refractivity contribution in [3.63, 3.8) is 0 Å². The second kappa shape index (κ2) is 16.2. The lowest BCUT2D eigenvalue weighted by Gasteiger charge is -2.45. The molecule has 4 aliphatic heterocycles. The third kappa shape index (κ3) is 6.53. The fourth-order valence-electron chi connectivity index (χ4n) is 9.70. The standard InChI is InChI=1S/C55H42N2O4P4/c1-37-34-35-38(56(62-52-30-14-6-22-43(52)39-18-2-10-26-48(39)58-62)63-53-31-15-7-23-44(53)40-19-3-11-27-49(40)59-63)36-47(37)57(64-54-32-16-8-24-45(54)41-20-4-12-28-50(41)60-64)65-55-33-17-9-25-46(55)42-21-5-13-29-51(42)61-65/h2-4,6-8,10-20,22-24,26-36H,5,9,21,25H2,1H3. The van der Waals surface area contributed by atoms with Gasteiger partial charge in [0.1, 0.15) is 23.0 Å². The quantitative estimate of drug-likeness (QED) is 0.155. The molecule has 6 aliphatic rings. The molecular weight excluding hydrogens is 877 g/mol. The van der Waals surface area contributed by atoms with Gasteiger partial charge in [0.05, 0.1) is 11.4 Å². The molecular formula is C55H42N2O4P4. The number of rotatable bonds is 6. The number of hydrogen-bond acceptors (Lipinski definition) is 6. The summed E-state index contributed by atoms with van der Waals surface area (Å²) in [7, 11) is -5.88. The molecule has 4 heterocycles. The van der Waals surface area contributed by atoms with Gasteiger partial charge in [-0.15, -0.1) is 0 Å². The van der Waals surface area contributed by atoms with E-state index in [1.165, 1.54) is 38.5 Å². The van der Waals surface area contributed by atoms with Crippen molar-refractivity contribution in [3.05, 3.63) is 216 Å². The molecule has 6 nitrogen and oxygen atoms in total. The van der Waals surface area contributed by atoms with Crippen LogP contribution in [0.25, 0.3) is 33.4 Å². The Hall–Kier alpha value is -5.98. The Labute approximate surface area is 384 Å². The first-order chi connectivity index (χ1) is 32.2. The highest BCUT2D eigenvalue weighted by molar-refractivity contribution is 7.81. The minimum absolute atomic E-state index is 0.874. The monoisotopic (exact) mass is 918 g/mol. The predicted molar refractivity (Wildman–Crippen MR) is 272 cm³/mol. The Bertz CT molecular complexity index is 3120. The van der Waals surface area contributed by atoms with E-state index in [1.54, 1.807) is 0 Å². The van der Waals surface area contributed by atoms with Crippen molar-refractivity contribution in [2.45, 2.75) is 32.6 Å². The predicted octanol–water partition coefficient (Wildman–Crippen LogP) is 15.2. The van der Waals surface area contributed by atoms with Crippen LogP contribution in [0.2, 0.25) is 0 Å². The third-order valence-electron chi connectivity index (χ3n) is 12.8. The summed E-state index contributed by atoms with van der Waals surface area (Å²) in [6.45, 7) is 2.23. The molecule has 0 N–H and O–H groups in total. The van der Waals surface area contributed by atoms with E-state index in [0.717, 1.165) is 92.9 Å². The summed E-state index contributed by atoms with van der Waals surface area (Å²) in [5, 5.41) is 4.75. The van der Waals surface area contributed by atoms with Gasteiger partial charge in [-0.05, 0) is 121 Å². The normalized spacial score (nSPS) is 20.4. The van der Waals surface area contributed by atoms with Crippen LogP contribution in [0.5, 0.6) is 17.2 Å². The molecule has 0 bridgehead atoms. The molecule has 0 radical (unpaired) electrons. The van der Waals surface area contributed by atoms with Crippen LogP contribution < -0.4 is 38.4 Å². The van der Waals surface area contributed by atoms with Gasteiger partial charge in [0.15, 0.2) is 0 Å². The molecule has 65 heavy (non-hydrogen) atoms. The molecule has 4 unspecified atom stereocenters. The summed E-state index contributed by atoms with van der Waals surface area (Å²) in [6, 6.07) is 58.6. The number of allylic oxidation sites excluding steroid dienone is 7. The first-order valence-electron chi connectivity index (χ1n) is 22.2. The lowest BCUT2D eigenvalue weighted by Crippen LogP contribution is -2.32. The number of fused-ring (bicyclic) bond motifs is 10. The van der Waals surface area contributed by atoms with Crippen molar-refractivity contribution in [1.82, 2.24) is 0 Å². The van der Waals surface area contributed by atoms with Crippen LogP contribution in [0.15, 0.2) is 210 Å². The fourth-order valence-corrected chi connectivity index (χ4v) is 19.4. The highest BCUT2D eigenvalue weighted by Gasteiger charge is 2.46. The molecule has 0 fully saturated rings. The Kier molecular flexibility index (Phi) is 9.80. The van der Waals surface area contributed by atoms with E-state index in [4.69, 9.17) is 18.1 Å². The molecule has 13 rings (SSSR count). The first-order valence-corrected chi connectivity index (χ1v) is 27.0. The zero-order chi connectivity index (χ0) is 43.0. The maximum absolute atomic E-state index is 7.45. The topological polar surface area (TPSA) is 43.4 Å². The van der Waals surface area contributed by atoms with Crippen molar-refractivity contribution in [2.75, 3.05) is 8.88 Å². The second-order valence-electron chi connectivity index (χ2n) is 16.6. The molecule has 4 atom stereocenters. The second-order valence-corrected chi connectivity index (χ2v) is 23.7. The summed E-state index contributed by atoms with van der Waals surface area (Å²) in [4.78, 5) is 0. The number of aryl methyl sites for hydroxylation is 1. The van der Waals surface area contributed by atoms with Crippen molar-refractivity contribution in [1.29, 1.82) is 0 Å². The van der Waals surface area contributed by atoms with Crippen LogP contribution >= 0.6 is 33.2 Å². The van der Waals surface area contributed by atoms with E-state index in [0.29, 0.717) is 0 Å². The molecule has 0 spiro atoms. The van der Waals surface area contributed by atoms with Gasteiger partial charge in [-0.3, -0.25) is 8.88 Å². The number of hydrogen-bond donors (Lipinski definition) is 0. The Morgan fingerprint density at radius 3 is 1.40 bits per heavy atom. The molecule has 0 saturated heterocycles. The summed E-state index contributed by atoms with van der Waals surface area (Å²) in [6.07, 6.45) is 13.2. The summed E-state index contributed by atoms with van der Waals surface area (Å²) in [5.74, 6) is 3.64. The Balaban J connectivity index is 1.04. The van der Waals surface area contributed by atoms with E-state index in [1.807, 2.05) is 0 Å². The number of anilines is 2. The third-order valence-corrected chi connectivity index (χ3v) is 21.7. The highest BCUT2D eigenvalue weighted by atomic mass is 31.2. The van der Waals surface area contributed by atoms with Gasteiger partial charge >= 0.3 is 0 Å². The zero-order valence-electron chi connectivity index (χ0n) is 35.5. The largest absolute Gasteiger partial charge is 0.448 e. The van der Waals surface area contributed by atoms with Gasteiger partial charge in [-0.1, -0.05) is 133 Å². The average molecular weight is 919 g/mol. The first kappa shape index (κ1) is 39.4. The molecule has 0 saturated carbocycles. The maximum Gasteiger partial charge on any atom is 0.232 e. The Morgan fingerprint density at radius 2 is 0.862 bits per heavy atom. The van der Waals surface area contributed by atoms with Gasteiger partial charge < -0.3 is 18.1 Å². The number of benzene rings is 7. The molecule has 316 valence electrons. The van der Waals surface area contributed by atoms with Crippen molar-refractivity contribution in [3.8, 4) is 50.6 Å². The summed E-state index contributed by atoms with van der Waals surface area (Å²) >= 11 is 0. The summed E-state index contributed by atoms with van der Waals surface area (Å²) in [5.41, 5.74) is 12.9. The van der Waals surface area contributed by atoms with Gasteiger partial charge in [-0.25, -0.2) is 0 Å². The molecule has 7 aromatic rings. The lowest BCUT2D eigenvalue weighted by atomic mass is 9.90. The Morgan fingerprint density at radius 1 is 0.415 bits per heavy atom. The van der Waals surface area contributed by atoms with Crippen LogP contribution in [-0.2, 0) is 4.52 Å². The van der Waals surface area contributed by atoms with Gasteiger partial charge in [0, 0.05) is 37.9 Å². The van der Waals surface area contributed by atoms with E-state index in [-0.39, 0.29) is 0 Å². The smallest absolute Gasteiger partial charge is 0.232 e. The molecule has 0 amide bonds. The van der Waals surface area contributed by atoms with Crippen molar-refractivity contribution in [2.24, 2.45) is 0 Å². The average Bonchev–Trinajstić information content (AvgIpc) is 3.37. The fraction of sp³-hybridized carbons (Fsp3) is 0.0909. The van der Waals surface area contributed by atoms with Crippen LogP contribution in [0.1, 0.15) is 31.2 Å². The van der Waals surface area contributed by atoms with Crippen LogP contribution in [-0.4, -0.2) is 0 Å². The minimum atomic E-state index is -1.49. The molecule has 2 aliphatic carbocycles. The minimum Gasteiger partial charge on any atom is -0.448 e. The number of nitrogens with zero attached hydrogens (tertiary/aromatic N) is 2. The van der Waals surface area contributed by atoms with E-state index in [9.17, 15) is 0 Å². The van der Waals surface area contributed by atoms with Gasteiger partial charge in [0.25, 0.3) is 0 Å². The van der Waals surface area contributed by atoms with Gasteiger partial charge in [-0.2, -0.15) is 0 Å². The van der Waals surface area contributed by atoms with Crippen molar-refractivity contribution >= 4 is 60.5 Å². The molecule has 0 aromatic heterocycles. The molecule has 7 aromatic carbocycles. The van der Waals surface area contributed by atoms with Gasteiger partial charge in [0.2, 0.25) is 33.2 Å². The summed E-state index contributed by atoms with van der Waals surface area (Å²) < 4.78 is 34.6. The van der Waals surface area contributed by atoms with Crippen molar-refractivity contribution < 1.29 is 18.1 Å². The van der Waals surface area contributed by atoms with Crippen LogP contribution in [0.3, 0.4) is 0 Å². The SMILES string of the molecule is Cc1ccc(N(P2Oc3ccccc3-c3ccccc32)P2Oc3ccccc3-c3ccccc32)cc1N(P1OC2=C(CCC=C2)C2=C1C=CCC2)P1Oc2ccccc2-c2ccccc21. The van der Waals surface area contributed by atoms with E-state index in [2.05, 4.69) is 204 Å². The van der Waals surface area contributed by atoms with E-state index < -0.39 is 33.2 Å². The lowest BCUT2D eigenvalue weighted by molar-refractivity contribution is 0.476. The van der Waals surface area contributed by atoms with Crippen LogP contribution in [0, 0.1) is 6.92 Å². The zero-order valence-corrected chi connectivity index (χ0v) is 39.1. The van der Waals surface area contributed by atoms with E-state index >= 15 is 0 Å². The molecule has 10 heteroatoms. The van der Waals surface area contributed by atoms with Crippen LogP contribution in [0.4, 0.5) is 11.4 Å². The number of para-hydroxylation sites is 3.